The summed E-state index contributed by atoms with van der Waals surface area (Å²) in [5.74, 6) is 0.216. The predicted molar refractivity (Wildman–Crippen MR) is 112 cm³/mol. The molecule has 1 aromatic heterocycles. The van der Waals surface area contributed by atoms with Gasteiger partial charge in [-0.3, -0.25) is 9.59 Å². The molecule has 0 fully saturated rings. The van der Waals surface area contributed by atoms with Crippen LogP contribution in [-0.2, 0) is 16.0 Å². The monoisotopic (exact) mass is 394 g/mol. The number of rotatable bonds is 6. The topological polar surface area (TPSA) is 83.1 Å². The van der Waals surface area contributed by atoms with Gasteiger partial charge in [0.2, 0.25) is 11.8 Å². The number of aromatic nitrogens is 1. The number of benzene rings is 2. The summed E-state index contributed by atoms with van der Waals surface area (Å²) in [6.07, 6.45) is 1.89. The van der Waals surface area contributed by atoms with Crippen LogP contribution in [0.5, 0.6) is 0 Å². The second-order valence-corrected chi connectivity index (χ2v) is 6.60. The fourth-order valence-corrected chi connectivity index (χ4v) is 2.65. The van der Waals surface area contributed by atoms with Crippen molar-refractivity contribution in [3.05, 3.63) is 77.4 Å². The molecule has 1 heterocycles. The third-order valence-electron chi connectivity index (χ3n) is 3.80. The van der Waals surface area contributed by atoms with Gasteiger partial charge in [-0.15, -0.1) is 0 Å². The molecule has 3 aromatic rings. The van der Waals surface area contributed by atoms with E-state index in [2.05, 4.69) is 20.9 Å². The number of nitrogens with one attached hydrogen (secondary N) is 3. The zero-order chi connectivity index (χ0) is 19.9. The van der Waals surface area contributed by atoms with E-state index in [1.807, 2.05) is 42.5 Å². The van der Waals surface area contributed by atoms with Gasteiger partial charge in [0.05, 0.1) is 18.3 Å². The summed E-state index contributed by atoms with van der Waals surface area (Å²) < 4.78 is 0. The van der Waals surface area contributed by atoms with Crippen molar-refractivity contribution in [2.24, 2.45) is 0 Å². The number of hydrogen-bond acceptors (Lipinski definition) is 4. The molecule has 3 rings (SSSR count). The van der Waals surface area contributed by atoms with Crippen LogP contribution in [0.4, 0.5) is 22.9 Å². The maximum absolute atomic E-state index is 12.1. The van der Waals surface area contributed by atoms with Crippen LogP contribution in [0.1, 0.15) is 12.5 Å². The van der Waals surface area contributed by atoms with E-state index < -0.39 is 0 Å². The normalized spacial score (nSPS) is 10.2. The fourth-order valence-electron chi connectivity index (χ4n) is 2.52. The number of anilines is 4. The Morgan fingerprint density at radius 2 is 1.50 bits per heavy atom. The van der Waals surface area contributed by atoms with Crippen molar-refractivity contribution >= 4 is 46.3 Å². The second-order valence-electron chi connectivity index (χ2n) is 6.17. The summed E-state index contributed by atoms with van der Waals surface area (Å²) in [6, 6.07) is 18.0. The smallest absolute Gasteiger partial charge is 0.229 e. The highest BCUT2D eigenvalue weighted by Gasteiger charge is 2.05. The molecule has 2 amide bonds. The Morgan fingerprint density at radius 1 is 0.857 bits per heavy atom. The van der Waals surface area contributed by atoms with Gasteiger partial charge in [-0.2, -0.15) is 0 Å². The van der Waals surface area contributed by atoms with Gasteiger partial charge in [0.25, 0.3) is 0 Å². The van der Waals surface area contributed by atoms with Crippen LogP contribution in [-0.4, -0.2) is 16.8 Å². The first-order valence-corrected chi connectivity index (χ1v) is 9.01. The standard InChI is InChI=1S/C21H19ClN4O2/c1-14(27)24-17-6-8-18(9-7-17)25-19-10-11-20(23-13-19)26-21(28)12-15-2-4-16(22)5-3-15/h2-11,13,25H,12H2,1H3,(H,24,27)(H,23,26,28). The summed E-state index contributed by atoms with van der Waals surface area (Å²) in [4.78, 5) is 27.4. The van der Waals surface area contributed by atoms with Gasteiger partial charge < -0.3 is 16.0 Å². The summed E-state index contributed by atoms with van der Waals surface area (Å²) in [7, 11) is 0. The lowest BCUT2D eigenvalue weighted by Gasteiger charge is -2.09. The molecule has 3 N–H and O–H groups in total. The minimum absolute atomic E-state index is 0.112. The molecule has 0 unspecified atom stereocenters. The molecule has 0 aliphatic heterocycles. The van der Waals surface area contributed by atoms with Crippen LogP contribution in [0.15, 0.2) is 66.9 Å². The molecule has 2 aromatic carbocycles. The lowest BCUT2D eigenvalue weighted by molar-refractivity contribution is -0.116. The molecule has 0 saturated heterocycles. The molecule has 0 radical (unpaired) electrons. The van der Waals surface area contributed by atoms with Gasteiger partial charge >= 0.3 is 0 Å². The average molecular weight is 395 g/mol. The fraction of sp³-hybridized carbons (Fsp3) is 0.0952. The first-order valence-electron chi connectivity index (χ1n) is 8.63. The highest BCUT2D eigenvalue weighted by molar-refractivity contribution is 6.30. The lowest BCUT2D eigenvalue weighted by Crippen LogP contribution is -2.15. The van der Waals surface area contributed by atoms with E-state index in [9.17, 15) is 9.59 Å². The predicted octanol–water partition coefficient (Wildman–Crippen LogP) is 4.62. The van der Waals surface area contributed by atoms with Crippen LogP contribution >= 0.6 is 11.6 Å². The average Bonchev–Trinajstić information content (AvgIpc) is 2.66. The van der Waals surface area contributed by atoms with Crippen molar-refractivity contribution in [2.45, 2.75) is 13.3 Å². The van der Waals surface area contributed by atoms with Crippen molar-refractivity contribution in [1.29, 1.82) is 0 Å². The zero-order valence-corrected chi connectivity index (χ0v) is 16.0. The molecule has 0 atom stereocenters. The number of carbonyl (C=O) groups excluding carboxylic acids is 2. The van der Waals surface area contributed by atoms with E-state index in [4.69, 9.17) is 11.6 Å². The van der Waals surface area contributed by atoms with E-state index in [-0.39, 0.29) is 18.2 Å². The number of halogens is 1. The van der Waals surface area contributed by atoms with Crippen molar-refractivity contribution in [1.82, 2.24) is 4.98 Å². The third kappa shape index (κ3) is 5.82. The Kier molecular flexibility index (Phi) is 6.24. The molecule has 0 spiro atoms. The van der Waals surface area contributed by atoms with Gasteiger partial charge in [0.1, 0.15) is 5.82 Å². The first kappa shape index (κ1) is 19.4. The molecule has 0 saturated carbocycles. The number of hydrogen-bond donors (Lipinski definition) is 3. The van der Waals surface area contributed by atoms with Gasteiger partial charge in [0, 0.05) is 23.3 Å². The minimum Gasteiger partial charge on any atom is -0.354 e. The molecular formula is C21H19ClN4O2. The summed E-state index contributed by atoms with van der Waals surface area (Å²) in [5, 5.41) is 9.33. The van der Waals surface area contributed by atoms with E-state index in [0.717, 1.165) is 22.6 Å². The number of nitrogens with zero attached hydrogens (tertiary/aromatic N) is 1. The van der Waals surface area contributed by atoms with E-state index in [1.54, 1.807) is 24.4 Å². The molecule has 28 heavy (non-hydrogen) atoms. The maximum atomic E-state index is 12.1. The largest absolute Gasteiger partial charge is 0.354 e. The van der Waals surface area contributed by atoms with Gasteiger partial charge in [0.15, 0.2) is 0 Å². The number of pyridine rings is 1. The van der Waals surface area contributed by atoms with Crippen molar-refractivity contribution in [3.8, 4) is 0 Å². The van der Waals surface area contributed by atoms with E-state index >= 15 is 0 Å². The first-order chi connectivity index (χ1) is 13.5. The van der Waals surface area contributed by atoms with Crippen molar-refractivity contribution in [3.63, 3.8) is 0 Å². The summed E-state index contributed by atoms with van der Waals surface area (Å²) in [6.45, 7) is 1.47. The highest BCUT2D eigenvalue weighted by atomic mass is 35.5. The van der Waals surface area contributed by atoms with Gasteiger partial charge in [-0.25, -0.2) is 4.98 Å². The molecule has 142 valence electrons. The molecular weight excluding hydrogens is 376 g/mol. The zero-order valence-electron chi connectivity index (χ0n) is 15.2. The van der Waals surface area contributed by atoms with Crippen LogP contribution in [0.3, 0.4) is 0 Å². The molecule has 0 aliphatic rings. The Bertz CT molecular complexity index is 955. The number of carbonyl (C=O) groups is 2. The van der Waals surface area contributed by atoms with Crippen molar-refractivity contribution < 1.29 is 9.59 Å². The SMILES string of the molecule is CC(=O)Nc1ccc(Nc2ccc(NC(=O)Cc3ccc(Cl)cc3)nc2)cc1. The van der Waals surface area contributed by atoms with Crippen LogP contribution in [0.2, 0.25) is 5.02 Å². The Morgan fingerprint density at radius 3 is 2.11 bits per heavy atom. The Hall–Kier alpha value is -3.38. The highest BCUT2D eigenvalue weighted by Crippen LogP contribution is 2.19. The Labute approximate surface area is 168 Å². The molecule has 6 nitrogen and oxygen atoms in total. The molecule has 0 aliphatic carbocycles. The van der Waals surface area contributed by atoms with Crippen LogP contribution in [0.25, 0.3) is 0 Å². The van der Waals surface area contributed by atoms with Gasteiger partial charge in [-0.05, 0) is 54.1 Å². The van der Waals surface area contributed by atoms with Crippen LogP contribution < -0.4 is 16.0 Å². The second kappa shape index (κ2) is 9.01. The van der Waals surface area contributed by atoms with Gasteiger partial charge in [-0.1, -0.05) is 23.7 Å². The maximum Gasteiger partial charge on any atom is 0.229 e. The lowest BCUT2D eigenvalue weighted by atomic mass is 10.1. The Balaban J connectivity index is 1.55. The molecule has 0 bridgehead atoms. The van der Waals surface area contributed by atoms with E-state index in [0.29, 0.717) is 10.8 Å². The summed E-state index contributed by atoms with van der Waals surface area (Å²) >= 11 is 5.85. The van der Waals surface area contributed by atoms with Crippen LogP contribution in [0, 0.1) is 0 Å². The third-order valence-corrected chi connectivity index (χ3v) is 4.05. The van der Waals surface area contributed by atoms with E-state index in [1.165, 1.54) is 6.92 Å². The molecule has 7 heteroatoms. The summed E-state index contributed by atoms with van der Waals surface area (Å²) in [5.41, 5.74) is 3.25. The number of amides is 2. The quantitative estimate of drug-likeness (QED) is 0.569. The minimum atomic E-state index is -0.149. The van der Waals surface area contributed by atoms with Crippen molar-refractivity contribution in [2.75, 3.05) is 16.0 Å².